The normalized spacial score (nSPS) is 17.3. The number of hydrogen-bond donors (Lipinski definition) is 0. The molecule has 0 fully saturated rings. The minimum absolute atomic E-state index is 0.0113. The molecule has 0 aromatic rings. The fourth-order valence-corrected chi connectivity index (χ4v) is 5.62. The maximum Gasteiger partial charge on any atom is 0.529 e. The van der Waals surface area contributed by atoms with E-state index in [9.17, 15) is 9.13 Å². The first-order valence-electron chi connectivity index (χ1n) is 11.1. The van der Waals surface area contributed by atoms with Crippen molar-refractivity contribution in [3.63, 3.8) is 0 Å². The summed E-state index contributed by atoms with van der Waals surface area (Å²) in [6.45, 7) is 10.3. The van der Waals surface area contributed by atoms with Crippen LogP contribution >= 0.6 is 61.8 Å². The van der Waals surface area contributed by atoms with Gasteiger partial charge in [0.2, 0.25) is 0 Å². The van der Waals surface area contributed by atoms with Gasteiger partial charge in [0.1, 0.15) is 5.76 Å². The lowest BCUT2D eigenvalue weighted by atomic mass is 10.4. The number of phosphoric acid groups is 1. The number of alkyl halides is 4. The molecule has 0 aliphatic heterocycles. The smallest absolute Gasteiger partial charge is 0.408 e. The molecule has 0 aromatic carbocycles. The third kappa shape index (κ3) is 13.8. The van der Waals surface area contributed by atoms with Crippen LogP contribution in [0.15, 0.2) is 11.1 Å². The van der Waals surface area contributed by atoms with Gasteiger partial charge in [-0.05, 0) is 39.5 Å². The zero-order valence-corrected chi connectivity index (χ0v) is 25.0. The summed E-state index contributed by atoms with van der Waals surface area (Å²) in [5.74, 6) is 0.0113. The van der Waals surface area contributed by atoms with Crippen LogP contribution in [0.5, 0.6) is 0 Å². The van der Waals surface area contributed by atoms with Crippen LogP contribution in [-0.4, -0.2) is 47.9 Å². The molecule has 0 aliphatic rings. The Morgan fingerprint density at radius 2 is 0.939 bits per heavy atom. The van der Waals surface area contributed by atoms with E-state index in [0.717, 1.165) is 0 Å². The molecule has 0 amide bonds. The molecule has 13 heteroatoms. The highest BCUT2D eigenvalue weighted by molar-refractivity contribution is 7.58. The fourth-order valence-electron chi connectivity index (χ4n) is 1.92. The molecular weight excluding hydrogens is 556 g/mol. The molecule has 33 heavy (non-hydrogen) atoms. The summed E-state index contributed by atoms with van der Waals surface area (Å²) in [7, 11) is -8.00. The van der Waals surface area contributed by atoms with Gasteiger partial charge in [-0.15, -0.1) is 46.4 Å². The molecule has 0 N–H and O–H groups in total. The van der Waals surface area contributed by atoms with Crippen LogP contribution in [0.25, 0.3) is 0 Å². The van der Waals surface area contributed by atoms with E-state index in [0.29, 0.717) is 25.7 Å². The van der Waals surface area contributed by atoms with Crippen molar-refractivity contribution >= 4 is 61.8 Å². The van der Waals surface area contributed by atoms with Crippen LogP contribution in [0.4, 0.5) is 0 Å². The summed E-state index contributed by atoms with van der Waals surface area (Å²) >= 11 is 24.5. The largest absolute Gasteiger partial charge is 0.529 e. The zero-order valence-electron chi connectivity index (χ0n) is 20.2. The molecule has 0 saturated heterocycles. The average molecular weight is 594 g/mol. The fraction of sp³-hybridized carbons (Fsp3) is 0.900. The SMILES string of the molecule is CC[C@@H](Cl)COP(=O)(OC[C@H](Cl)CC)O/C(C)=C(\C)P(=O)(OC[C@H](Cl)CC)OC[C@H](Cl)CC. The molecule has 0 heterocycles. The van der Waals surface area contributed by atoms with E-state index in [1.807, 2.05) is 27.7 Å². The summed E-state index contributed by atoms with van der Waals surface area (Å²) in [6, 6.07) is 0. The second-order valence-corrected chi connectivity index (χ2v) is 13.6. The van der Waals surface area contributed by atoms with Crippen LogP contribution in [-0.2, 0) is 31.7 Å². The third-order valence-corrected chi connectivity index (χ3v) is 9.90. The second-order valence-electron chi connectivity index (χ2n) is 7.38. The van der Waals surface area contributed by atoms with Crippen molar-refractivity contribution in [3.05, 3.63) is 11.1 Å². The molecule has 0 spiro atoms. The highest BCUT2D eigenvalue weighted by atomic mass is 35.5. The summed E-state index contributed by atoms with van der Waals surface area (Å²) < 4.78 is 54.5. The molecule has 0 saturated carbocycles. The zero-order chi connectivity index (χ0) is 25.7. The minimum Gasteiger partial charge on any atom is -0.408 e. The maximum atomic E-state index is 13.6. The average Bonchev–Trinajstić information content (AvgIpc) is 2.81. The van der Waals surface area contributed by atoms with Crippen molar-refractivity contribution in [1.29, 1.82) is 0 Å². The van der Waals surface area contributed by atoms with Crippen molar-refractivity contribution in [2.75, 3.05) is 26.4 Å². The van der Waals surface area contributed by atoms with Gasteiger partial charge in [0.05, 0.1) is 53.3 Å². The molecule has 7 nitrogen and oxygen atoms in total. The van der Waals surface area contributed by atoms with Crippen molar-refractivity contribution in [2.24, 2.45) is 0 Å². The Morgan fingerprint density at radius 1 is 0.636 bits per heavy atom. The molecule has 0 aromatic heterocycles. The van der Waals surface area contributed by atoms with Gasteiger partial charge < -0.3 is 13.6 Å². The Labute approximate surface area is 219 Å². The summed E-state index contributed by atoms with van der Waals surface area (Å²) in [5, 5.41) is -1.41. The van der Waals surface area contributed by atoms with Gasteiger partial charge in [0.25, 0.3) is 0 Å². The lowest BCUT2D eigenvalue weighted by molar-refractivity contribution is 0.133. The molecule has 4 atom stereocenters. The Hall–Kier alpha value is 1.00. The number of halogens is 4. The van der Waals surface area contributed by atoms with E-state index in [2.05, 4.69) is 0 Å². The van der Waals surface area contributed by atoms with Gasteiger partial charge in [0, 0.05) is 0 Å². The van der Waals surface area contributed by atoms with Crippen molar-refractivity contribution in [3.8, 4) is 0 Å². The lowest BCUT2D eigenvalue weighted by Gasteiger charge is -2.25. The van der Waals surface area contributed by atoms with Crippen LogP contribution in [0.2, 0.25) is 0 Å². The molecule has 0 radical (unpaired) electrons. The minimum atomic E-state index is -4.13. The van der Waals surface area contributed by atoms with E-state index < -0.39 is 26.2 Å². The number of hydrogen-bond acceptors (Lipinski definition) is 7. The first-order valence-corrected chi connectivity index (χ1v) is 15.8. The predicted octanol–water partition coefficient (Wildman–Crippen LogP) is 8.69. The number of allylic oxidation sites excluding steroid dienone is 2. The maximum absolute atomic E-state index is 13.6. The van der Waals surface area contributed by atoms with Crippen molar-refractivity contribution in [2.45, 2.75) is 88.7 Å². The van der Waals surface area contributed by atoms with Gasteiger partial charge >= 0.3 is 15.4 Å². The third-order valence-electron chi connectivity index (χ3n) is 4.62. The number of phosphoric ester groups is 1. The Bertz CT molecular complexity index is 645. The first kappa shape index (κ1) is 34.0. The highest BCUT2D eigenvalue weighted by Gasteiger charge is 2.36. The molecule has 0 bridgehead atoms. The Kier molecular flexibility index (Phi) is 18.0. The first-order chi connectivity index (χ1) is 15.4. The summed E-state index contributed by atoms with van der Waals surface area (Å²) in [5.41, 5.74) is 0. The van der Waals surface area contributed by atoms with E-state index in [4.69, 9.17) is 69.0 Å². The molecule has 0 aliphatic carbocycles. The monoisotopic (exact) mass is 592 g/mol. The van der Waals surface area contributed by atoms with Gasteiger partial charge in [-0.25, -0.2) is 4.57 Å². The van der Waals surface area contributed by atoms with Crippen LogP contribution in [0, 0.1) is 0 Å². The van der Waals surface area contributed by atoms with Crippen molar-refractivity contribution < 1.29 is 31.7 Å². The van der Waals surface area contributed by atoms with Gasteiger partial charge in [-0.1, -0.05) is 27.7 Å². The molecular formula is C20H38Cl4O7P2. The predicted molar refractivity (Wildman–Crippen MR) is 138 cm³/mol. The highest BCUT2D eigenvalue weighted by Crippen LogP contribution is 2.60. The van der Waals surface area contributed by atoms with Crippen LogP contribution in [0.3, 0.4) is 0 Å². The topological polar surface area (TPSA) is 80.3 Å². The van der Waals surface area contributed by atoms with Crippen molar-refractivity contribution in [1.82, 2.24) is 0 Å². The quantitative estimate of drug-likeness (QED) is 0.0841. The standard InChI is InChI=1S/C20H38Cl4O7P2/c1-7-17(21)11-27-32(25,28-12-18(22)8-2)16(6)15(5)31-33(26,29-13-19(23)9-3)30-14-20(24)10-4/h17-20H,7-14H2,1-6H3/b16-15+/t17-,18-,19-,20-/m1/s1. The van der Waals surface area contributed by atoms with E-state index in [1.165, 1.54) is 13.8 Å². The van der Waals surface area contributed by atoms with Crippen LogP contribution < -0.4 is 0 Å². The van der Waals surface area contributed by atoms with Crippen LogP contribution in [0.1, 0.15) is 67.2 Å². The number of rotatable bonds is 19. The lowest BCUT2D eigenvalue weighted by Crippen LogP contribution is -2.14. The van der Waals surface area contributed by atoms with E-state index in [-0.39, 0.29) is 48.3 Å². The molecule has 0 unspecified atom stereocenters. The van der Waals surface area contributed by atoms with E-state index >= 15 is 0 Å². The summed E-state index contributed by atoms with van der Waals surface area (Å²) in [4.78, 5) is 0. The molecule has 0 rings (SSSR count). The second kappa shape index (κ2) is 17.5. The van der Waals surface area contributed by atoms with E-state index in [1.54, 1.807) is 0 Å². The Morgan fingerprint density at radius 3 is 1.24 bits per heavy atom. The van der Waals surface area contributed by atoms with Gasteiger partial charge in [-0.3, -0.25) is 13.6 Å². The Balaban J connectivity index is 5.82. The molecule has 198 valence electrons. The van der Waals surface area contributed by atoms with Gasteiger partial charge in [-0.2, -0.15) is 0 Å². The van der Waals surface area contributed by atoms with Gasteiger partial charge in [0.15, 0.2) is 0 Å². The summed E-state index contributed by atoms with van der Waals surface area (Å²) in [6.07, 6.45) is 2.40.